The van der Waals surface area contributed by atoms with Crippen molar-refractivity contribution in [3.05, 3.63) is 0 Å². The van der Waals surface area contributed by atoms with Crippen LogP contribution >= 0.6 is 0 Å². The number of methoxy groups -OCH3 is 1. The van der Waals surface area contributed by atoms with E-state index < -0.39 is 30.0 Å². The quantitative estimate of drug-likeness (QED) is 0.751. The predicted octanol–water partition coefficient (Wildman–Crippen LogP) is 0.452. The van der Waals surface area contributed by atoms with Crippen molar-refractivity contribution in [3.8, 4) is 0 Å². The van der Waals surface area contributed by atoms with Crippen LogP contribution in [0.2, 0.25) is 0 Å². The van der Waals surface area contributed by atoms with Crippen LogP contribution in [0.25, 0.3) is 0 Å². The van der Waals surface area contributed by atoms with Crippen molar-refractivity contribution >= 4 is 5.97 Å². The van der Waals surface area contributed by atoms with E-state index in [1.54, 1.807) is 14.0 Å². The topological polar surface area (TPSA) is 84.5 Å². The van der Waals surface area contributed by atoms with E-state index in [1.165, 1.54) is 0 Å². The molecule has 0 bridgehead atoms. The fourth-order valence-electron chi connectivity index (χ4n) is 3.16. The number of fused-ring (bicyclic) bond motifs is 2. The summed E-state index contributed by atoms with van der Waals surface area (Å²) in [5, 5.41) is 0. The van der Waals surface area contributed by atoms with E-state index in [0.29, 0.717) is 19.4 Å². The first kappa shape index (κ1) is 16.1. The molecule has 5 atom stereocenters. The maximum absolute atomic E-state index is 11.8. The Hall–Kier alpha value is -0.770. The average molecular weight is 317 g/mol. The summed E-state index contributed by atoms with van der Waals surface area (Å²) in [5.74, 6) is -2.09. The van der Waals surface area contributed by atoms with Gasteiger partial charge in [-0.1, -0.05) is 0 Å². The molecule has 0 aliphatic carbocycles. The van der Waals surface area contributed by atoms with Gasteiger partial charge in [-0.15, -0.1) is 0 Å². The third-order valence-electron chi connectivity index (χ3n) is 4.11. The van der Waals surface area contributed by atoms with Gasteiger partial charge in [0.05, 0.1) is 6.61 Å². The van der Waals surface area contributed by atoms with Crippen molar-refractivity contribution in [1.29, 1.82) is 0 Å². The van der Waals surface area contributed by atoms with Crippen molar-refractivity contribution in [3.63, 3.8) is 0 Å². The molecule has 3 heterocycles. The molecule has 126 valence electrons. The maximum Gasteiger partial charge on any atom is 0.325 e. The molecule has 8 nitrogen and oxygen atoms in total. The van der Waals surface area contributed by atoms with Gasteiger partial charge in [0, 0.05) is 13.5 Å². The normalized spacial score (nSPS) is 43.3. The predicted molar refractivity (Wildman–Crippen MR) is 72.3 cm³/mol. The molecule has 1 N–H and O–H groups in total. The summed E-state index contributed by atoms with van der Waals surface area (Å²) >= 11 is 0. The number of esters is 1. The number of carbonyl (C=O) groups is 1. The van der Waals surface area contributed by atoms with Crippen LogP contribution in [0.3, 0.4) is 0 Å². The molecule has 0 aromatic carbocycles. The highest BCUT2D eigenvalue weighted by Crippen LogP contribution is 2.47. The van der Waals surface area contributed by atoms with Gasteiger partial charge >= 0.3 is 5.97 Å². The van der Waals surface area contributed by atoms with E-state index in [-0.39, 0.29) is 12.1 Å². The number of ether oxygens (including phenoxy) is 5. The standard InChI is InChI=1S/C14H23NO7/c1-5-18-11(16)8-6-7-14(22-15-8)10-9(12(17-4)21-14)19-13(2,3)20-10/h8-10,12,15H,5-7H2,1-4H3/t8-,9-,10+,12-,14-/m1/s1. The molecular weight excluding hydrogens is 294 g/mol. The zero-order valence-electron chi connectivity index (χ0n) is 13.3. The lowest BCUT2D eigenvalue weighted by Crippen LogP contribution is -2.57. The maximum atomic E-state index is 11.8. The van der Waals surface area contributed by atoms with Crippen LogP contribution in [0.15, 0.2) is 0 Å². The molecular formula is C14H23NO7. The summed E-state index contributed by atoms with van der Waals surface area (Å²) in [7, 11) is 1.55. The Morgan fingerprint density at radius 2 is 2.09 bits per heavy atom. The summed E-state index contributed by atoms with van der Waals surface area (Å²) in [4.78, 5) is 17.5. The molecule has 3 aliphatic heterocycles. The fourth-order valence-corrected chi connectivity index (χ4v) is 3.16. The minimum absolute atomic E-state index is 0.334. The summed E-state index contributed by atoms with van der Waals surface area (Å²) in [6.45, 7) is 5.77. The van der Waals surface area contributed by atoms with E-state index in [4.69, 9.17) is 28.5 Å². The zero-order valence-corrected chi connectivity index (χ0v) is 13.3. The summed E-state index contributed by atoms with van der Waals surface area (Å²) in [6, 6.07) is -0.510. The molecule has 8 heteroatoms. The van der Waals surface area contributed by atoms with Crippen LogP contribution in [-0.4, -0.2) is 55.8 Å². The molecule has 3 aliphatic rings. The van der Waals surface area contributed by atoms with Gasteiger partial charge in [-0.2, -0.15) is 5.48 Å². The molecule has 3 rings (SSSR count). The zero-order chi connectivity index (χ0) is 16.0. The first-order valence-corrected chi connectivity index (χ1v) is 7.57. The Bertz CT molecular complexity index is 433. The summed E-state index contributed by atoms with van der Waals surface area (Å²) in [5.41, 5.74) is 2.73. The highest BCUT2D eigenvalue weighted by molar-refractivity contribution is 5.75. The van der Waals surface area contributed by atoms with Gasteiger partial charge in [0.25, 0.3) is 0 Å². The number of hydrogen-bond donors (Lipinski definition) is 1. The molecule has 0 unspecified atom stereocenters. The molecule has 22 heavy (non-hydrogen) atoms. The Labute approximate surface area is 129 Å². The van der Waals surface area contributed by atoms with Gasteiger partial charge in [0.15, 0.2) is 12.1 Å². The number of hydroxylamine groups is 1. The largest absolute Gasteiger partial charge is 0.465 e. The second-order valence-corrected chi connectivity index (χ2v) is 6.12. The van der Waals surface area contributed by atoms with Crippen LogP contribution in [0.4, 0.5) is 0 Å². The number of carbonyl (C=O) groups excluding carboxylic acids is 1. The minimum Gasteiger partial charge on any atom is -0.465 e. The molecule has 0 amide bonds. The lowest BCUT2D eigenvalue weighted by atomic mass is 9.98. The van der Waals surface area contributed by atoms with Crippen molar-refractivity contribution in [1.82, 2.24) is 5.48 Å². The number of hydrogen-bond acceptors (Lipinski definition) is 8. The van der Waals surface area contributed by atoms with Crippen molar-refractivity contribution in [2.45, 2.75) is 69.7 Å². The smallest absolute Gasteiger partial charge is 0.325 e. The summed E-state index contributed by atoms with van der Waals surface area (Å²) in [6.07, 6.45) is -0.386. The highest BCUT2D eigenvalue weighted by atomic mass is 16.9. The van der Waals surface area contributed by atoms with E-state index in [0.717, 1.165) is 0 Å². The Kier molecular flexibility index (Phi) is 4.17. The lowest BCUT2D eigenvalue weighted by molar-refractivity contribution is -0.353. The highest BCUT2D eigenvalue weighted by Gasteiger charge is 2.65. The van der Waals surface area contributed by atoms with E-state index in [9.17, 15) is 4.79 Å². The molecule has 1 spiro atoms. The van der Waals surface area contributed by atoms with Crippen molar-refractivity contribution in [2.24, 2.45) is 0 Å². The molecule has 0 saturated carbocycles. The molecule has 3 saturated heterocycles. The SMILES string of the molecule is CCOC(=O)[C@H]1CC[C@]2(ON1)O[C@@H](OC)[C@@H]1OC(C)(C)O[C@@H]12. The Morgan fingerprint density at radius 3 is 2.68 bits per heavy atom. The van der Waals surface area contributed by atoms with Gasteiger partial charge in [-0.25, -0.2) is 0 Å². The van der Waals surface area contributed by atoms with Gasteiger partial charge in [0.2, 0.25) is 5.79 Å². The lowest BCUT2D eigenvalue weighted by Gasteiger charge is -2.39. The summed E-state index contributed by atoms with van der Waals surface area (Å²) < 4.78 is 28.0. The van der Waals surface area contributed by atoms with Crippen LogP contribution in [0.1, 0.15) is 33.6 Å². The average Bonchev–Trinajstić information content (AvgIpc) is 2.93. The third kappa shape index (κ3) is 2.64. The van der Waals surface area contributed by atoms with Crippen molar-refractivity contribution in [2.75, 3.05) is 13.7 Å². The molecule has 0 aromatic heterocycles. The van der Waals surface area contributed by atoms with Crippen LogP contribution < -0.4 is 5.48 Å². The number of rotatable bonds is 3. The van der Waals surface area contributed by atoms with Gasteiger partial charge in [0.1, 0.15) is 18.2 Å². The second-order valence-electron chi connectivity index (χ2n) is 6.12. The Morgan fingerprint density at radius 1 is 1.32 bits per heavy atom. The number of nitrogens with one attached hydrogen (secondary N) is 1. The molecule has 3 fully saturated rings. The molecule has 0 radical (unpaired) electrons. The first-order chi connectivity index (χ1) is 10.4. The first-order valence-electron chi connectivity index (χ1n) is 7.57. The van der Waals surface area contributed by atoms with Crippen molar-refractivity contribution < 1.29 is 33.3 Å². The van der Waals surface area contributed by atoms with Crippen LogP contribution in [0, 0.1) is 0 Å². The van der Waals surface area contributed by atoms with Gasteiger partial charge in [-0.05, 0) is 27.2 Å². The fraction of sp³-hybridized carbons (Fsp3) is 0.929. The van der Waals surface area contributed by atoms with E-state index >= 15 is 0 Å². The second kappa shape index (κ2) is 5.70. The monoisotopic (exact) mass is 317 g/mol. The Balaban J connectivity index is 1.71. The van der Waals surface area contributed by atoms with Crippen LogP contribution in [0.5, 0.6) is 0 Å². The van der Waals surface area contributed by atoms with Gasteiger partial charge < -0.3 is 23.7 Å². The molecule has 0 aromatic rings. The van der Waals surface area contributed by atoms with Crippen LogP contribution in [-0.2, 0) is 33.3 Å². The van der Waals surface area contributed by atoms with E-state index in [2.05, 4.69) is 5.48 Å². The van der Waals surface area contributed by atoms with Gasteiger partial charge in [-0.3, -0.25) is 9.63 Å². The third-order valence-corrected chi connectivity index (χ3v) is 4.11. The van der Waals surface area contributed by atoms with E-state index in [1.807, 2.05) is 13.8 Å². The minimum atomic E-state index is -1.03.